The van der Waals surface area contributed by atoms with Crippen LogP contribution in [0.25, 0.3) is 0 Å². The van der Waals surface area contributed by atoms with Crippen molar-refractivity contribution in [3.8, 4) is 0 Å². The Balaban J connectivity index is 2.79. The molecule has 1 aromatic heterocycles. The molecule has 0 aromatic carbocycles. The number of carboxylic acids is 1. The Hall–Kier alpha value is -1.43. The molecule has 0 bridgehead atoms. The van der Waals surface area contributed by atoms with Crippen LogP contribution in [0.2, 0.25) is 0 Å². The number of aliphatic hydroxyl groups is 1. The smallest absolute Gasteiger partial charge is 0.329 e. The number of nitrogens with zero attached hydrogens (tertiary/aromatic N) is 3. The molecule has 0 aliphatic heterocycles. The zero-order valence-electron chi connectivity index (χ0n) is 5.58. The van der Waals surface area contributed by atoms with Crippen molar-refractivity contribution in [2.24, 2.45) is 0 Å². The van der Waals surface area contributed by atoms with E-state index in [1.165, 1.54) is 17.2 Å². The Morgan fingerprint density at radius 1 is 1.55 bits per heavy atom. The first-order valence-electron chi connectivity index (χ1n) is 2.93. The minimum Gasteiger partial charge on any atom is -0.480 e. The van der Waals surface area contributed by atoms with E-state index in [9.17, 15) is 4.79 Å². The summed E-state index contributed by atoms with van der Waals surface area (Å²) in [5.74, 6) is -1.10. The van der Waals surface area contributed by atoms with Crippen molar-refractivity contribution in [2.75, 3.05) is 6.61 Å². The maximum atomic E-state index is 10.4. The molecule has 6 nitrogen and oxygen atoms in total. The minimum atomic E-state index is -1.10. The molecule has 60 valence electrons. The fraction of sp³-hybridized carbons (Fsp3) is 0.400. The molecule has 1 rings (SSSR count). The molecule has 0 saturated carbocycles. The lowest BCUT2D eigenvalue weighted by atomic mass is 10.3. The summed E-state index contributed by atoms with van der Waals surface area (Å²) in [5.41, 5.74) is 0. The van der Waals surface area contributed by atoms with E-state index < -0.39 is 18.6 Å². The molecule has 0 radical (unpaired) electrons. The molecule has 0 amide bonds. The number of hydrogen-bond acceptors (Lipinski definition) is 4. The number of aliphatic carboxylic acids is 1. The Labute approximate surface area is 62.1 Å². The van der Waals surface area contributed by atoms with E-state index >= 15 is 0 Å². The summed E-state index contributed by atoms with van der Waals surface area (Å²) in [6, 6.07) is -0.981. The summed E-state index contributed by atoms with van der Waals surface area (Å²) in [5, 5.41) is 23.9. The number of rotatable bonds is 3. The van der Waals surface area contributed by atoms with Crippen LogP contribution in [0.1, 0.15) is 6.04 Å². The fourth-order valence-corrected chi connectivity index (χ4v) is 0.670. The number of carboxylic acid groups (broad SMARTS) is 1. The summed E-state index contributed by atoms with van der Waals surface area (Å²) in [4.78, 5) is 10.4. The molecule has 0 spiro atoms. The van der Waals surface area contributed by atoms with E-state index in [1.54, 1.807) is 0 Å². The van der Waals surface area contributed by atoms with Gasteiger partial charge >= 0.3 is 5.97 Å². The molecular formula is C5H7N3O3. The van der Waals surface area contributed by atoms with Gasteiger partial charge in [-0.05, 0) is 0 Å². The first-order valence-corrected chi connectivity index (χ1v) is 2.93. The maximum Gasteiger partial charge on any atom is 0.329 e. The number of aromatic nitrogens is 3. The van der Waals surface area contributed by atoms with Crippen LogP contribution in [-0.2, 0) is 4.79 Å². The lowest BCUT2D eigenvalue weighted by Gasteiger charge is -2.07. The van der Waals surface area contributed by atoms with Crippen LogP contribution < -0.4 is 0 Å². The third kappa shape index (κ3) is 1.53. The second-order valence-corrected chi connectivity index (χ2v) is 1.95. The Bertz CT molecular complexity index is 233. The van der Waals surface area contributed by atoms with E-state index in [1.807, 2.05) is 0 Å². The zero-order valence-corrected chi connectivity index (χ0v) is 5.58. The number of hydrogen-bond donors (Lipinski definition) is 2. The van der Waals surface area contributed by atoms with Crippen molar-refractivity contribution >= 4 is 5.97 Å². The second kappa shape index (κ2) is 3.11. The monoisotopic (exact) mass is 157 g/mol. The van der Waals surface area contributed by atoms with E-state index in [-0.39, 0.29) is 0 Å². The minimum absolute atomic E-state index is 0.465. The third-order valence-electron chi connectivity index (χ3n) is 1.25. The highest BCUT2D eigenvalue weighted by Gasteiger charge is 2.17. The van der Waals surface area contributed by atoms with Crippen LogP contribution in [0.15, 0.2) is 12.7 Å². The lowest BCUT2D eigenvalue weighted by Crippen LogP contribution is -2.21. The second-order valence-electron chi connectivity index (χ2n) is 1.95. The van der Waals surface area contributed by atoms with Crippen molar-refractivity contribution in [3.05, 3.63) is 12.7 Å². The molecular weight excluding hydrogens is 150 g/mol. The van der Waals surface area contributed by atoms with Gasteiger partial charge in [0.1, 0.15) is 12.7 Å². The Morgan fingerprint density at radius 3 is 2.45 bits per heavy atom. The SMILES string of the molecule is O=C(O)C(CO)n1cnnc1. The molecule has 1 aromatic rings. The van der Waals surface area contributed by atoms with Gasteiger partial charge in [-0.2, -0.15) is 0 Å². The fourth-order valence-electron chi connectivity index (χ4n) is 0.670. The summed E-state index contributed by atoms with van der Waals surface area (Å²) in [7, 11) is 0. The third-order valence-corrected chi connectivity index (χ3v) is 1.25. The van der Waals surface area contributed by atoms with Crippen LogP contribution in [0.5, 0.6) is 0 Å². The van der Waals surface area contributed by atoms with Gasteiger partial charge in [-0.3, -0.25) is 0 Å². The Morgan fingerprint density at radius 2 is 2.09 bits per heavy atom. The van der Waals surface area contributed by atoms with E-state index in [0.717, 1.165) is 0 Å². The molecule has 1 atom stereocenters. The topological polar surface area (TPSA) is 88.2 Å². The van der Waals surface area contributed by atoms with Crippen LogP contribution in [0, 0.1) is 0 Å². The lowest BCUT2D eigenvalue weighted by molar-refractivity contribution is -0.142. The summed E-state index contributed by atoms with van der Waals surface area (Å²) in [6.45, 7) is -0.465. The molecule has 1 heterocycles. The quantitative estimate of drug-likeness (QED) is 0.581. The van der Waals surface area contributed by atoms with Crippen LogP contribution >= 0.6 is 0 Å². The van der Waals surface area contributed by atoms with E-state index in [0.29, 0.717) is 0 Å². The van der Waals surface area contributed by atoms with Gasteiger partial charge in [-0.25, -0.2) is 4.79 Å². The van der Waals surface area contributed by atoms with Crippen molar-refractivity contribution < 1.29 is 15.0 Å². The van der Waals surface area contributed by atoms with Gasteiger partial charge in [0, 0.05) is 0 Å². The summed E-state index contributed by atoms with van der Waals surface area (Å²) >= 11 is 0. The predicted molar refractivity (Wildman–Crippen MR) is 33.8 cm³/mol. The van der Waals surface area contributed by atoms with Crippen molar-refractivity contribution in [1.29, 1.82) is 0 Å². The standard InChI is InChI=1S/C5H7N3O3/c9-1-4(5(10)11)8-2-6-7-3-8/h2-4,9H,1H2,(H,10,11). The summed E-state index contributed by atoms with van der Waals surface area (Å²) < 4.78 is 1.22. The average Bonchev–Trinajstić information content (AvgIpc) is 2.40. The van der Waals surface area contributed by atoms with E-state index in [2.05, 4.69) is 10.2 Å². The molecule has 0 aliphatic carbocycles. The average molecular weight is 157 g/mol. The normalized spacial score (nSPS) is 12.8. The molecule has 0 fully saturated rings. The van der Waals surface area contributed by atoms with Crippen molar-refractivity contribution in [2.45, 2.75) is 6.04 Å². The van der Waals surface area contributed by atoms with Crippen LogP contribution in [0.4, 0.5) is 0 Å². The highest BCUT2D eigenvalue weighted by Crippen LogP contribution is 2.02. The predicted octanol–water partition coefficient (Wildman–Crippen LogP) is -1.10. The first-order chi connectivity index (χ1) is 5.25. The first kappa shape index (κ1) is 7.67. The molecule has 11 heavy (non-hydrogen) atoms. The largest absolute Gasteiger partial charge is 0.480 e. The van der Waals surface area contributed by atoms with Gasteiger partial charge < -0.3 is 14.8 Å². The summed E-state index contributed by atoms with van der Waals surface area (Å²) in [6.07, 6.45) is 2.49. The van der Waals surface area contributed by atoms with Gasteiger partial charge in [0.15, 0.2) is 6.04 Å². The molecule has 2 N–H and O–H groups in total. The van der Waals surface area contributed by atoms with Gasteiger partial charge in [0.25, 0.3) is 0 Å². The van der Waals surface area contributed by atoms with Crippen LogP contribution in [-0.4, -0.2) is 37.6 Å². The maximum absolute atomic E-state index is 10.4. The zero-order chi connectivity index (χ0) is 8.27. The number of carbonyl (C=O) groups is 1. The van der Waals surface area contributed by atoms with Crippen molar-refractivity contribution in [1.82, 2.24) is 14.8 Å². The Kier molecular flexibility index (Phi) is 2.17. The van der Waals surface area contributed by atoms with Gasteiger partial charge in [0.2, 0.25) is 0 Å². The molecule has 1 unspecified atom stereocenters. The van der Waals surface area contributed by atoms with Gasteiger partial charge in [-0.15, -0.1) is 10.2 Å². The highest BCUT2D eigenvalue weighted by molar-refractivity contribution is 5.71. The number of aliphatic hydroxyl groups excluding tert-OH is 1. The van der Waals surface area contributed by atoms with Gasteiger partial charge in [0.05, 0.1) is 6.61 Å². The molecule has 0 aliphatic rings. The highest BCUT2D eigenvalue weighted by atomic mass is 16.4. The van der Waals surface area contributed by atoms with Crippen molar-refractivity contribution in [3.63, 3.8) is 0 Å². The molecule has 0 saturated heterocycles. The van der Waals surface area contributed by atoms with Gasteiger partial charge in [-0.1, -0.05) is 0 Å². The van der Waals surface area contributed by atoms with E-state index in [4.69, 9.17) is 10.2 Å². The molecule has 6 heteroatoms. The van der Waals surface area contributed by atoms with Crippen LogP contribution in [0.3, 0.4) is 0 Å².